The molecule has 0 fully saturated rings. The predicted octanol–water partition coefficient (Wildman–Crippen LogP) is 5.08. The fraction of sp³-hybridized carbons (Fsp3) is 0.176. The molecule has 0 aromatic heterocycles. The zero-order chi connectivity index (χ0) is 13.0. The maximum atomic E-state index is 3.45. The van der Waals surface area contributed by atoms with Crippen LogP contribution in [-0.2, 0) is 0 Å². The molecular weight excluding hydrogens is 218 g/mol. The molecule has 0 aliphatic rings. The highest BCUT2D eigenvalue weighted by molar-refractivity contribution is 5.65. The van der Waals surface area contributed by atoms with E-state index in [0.717, 1.165) is 11.4 Å². The predicted molar refractivity (Wildman–Crippen MR) is 80.3 cm³/mol. The minimum atomic E-state index is 1.12. The average Bonchev–Trinajstić information content (AvgIpc) is 2.28. The van der Waals surface area contributed by atoms with Crippen LogP contribution in [0.1, 0.15) is 23.6 Å². The van der Waals surface area contributed by atoms with Crippen LogP contribution >= 0.6 is 0 Å². The van der Waals surface area contributed by atoms with Crippen molar-refractivity contribution in [2.75, 3.05) is 5.32 Å². The molecule has 2 rings (SSSR count). The van der Waals surface area contributed by atoms with Crippen molar-refractivity contribution in [3.05, 3.63) is 65.2 Å². The number of rotatable bonds is 3. The van der Waals surface area contributed by atoms with Gasteiger partial charge in [0.1, 0.15) is 0 Å². The monoisotopic (exact) mass is 237 g/mol. The fourth-order valence-electron chi connectivity index (χ4n) is 2.13. The minimum absolute atomic E-state index is 1.12. The second kappa shape index (κ2) is 5.54. The number of aryl methyl sites for hydroxylation is 2. The third-order valence-corrected chi connectivity index (χ3v) is 2.76. The zero-order valence-electron chi connectivity index (χ0n) is 11.2. The molecule has 1 nitrogen and oxygen atoms in total. The summed E-state index contributed by atoms with van der Waals surface area (Å²) in [6, 6.07) is 14.9. The summed E-state index contributed by atoms with van der Waals surface area (Å²) in [6.07, 6.45) is 4.16. The van der Waals surface area contributed by atoms with E-state index in [-0.39, 0.29) is 0 Å². The van der Waals surface area contributed by atoms with Crippen LogP contribution in [0.4, 0.5) is 11.4 Å². The van der Waals surface area contributed by atoms with Gasteiger partial charge in [-0.25, -0.2) is 0 Å². The second-order valence-corrected chi connectivity index (χ2v) is 4.63. The van der Waals surface area contributed by atoms with Gasteiger partial charge in [0, 0.05) is 11.4 Å². The van der Waals surface area contributed by atoms with Gasteiger partial charge in [0.15, 0.2) is 0 Å². The number of benzene rings is 2. The van der Waals surface area contributed by atoms with Crippen LogP contribution in [0.5, 0.6) is 0 Å². The average molecular weight is 237 g/mol. The molecular formula is C17H19N. The smallest absolute Gasteiger partial charge is 0.0390 e. The second-order valence-electron chi connectivity index (χ2n) is 4.63. The molecule has 0 bridgehead atoms. The Morgan fingerprint density at radius 3 is 2.28 bits per heavy atom. The lowest BCUT2D eigenvalue weighted by Gasteiger charge is -2.09. The maximum Gasteiger partial charge on any atom is 0.0390 e. The van der Waals surface area contributed by atoms with E-state index in [1.165, 1.54) is 16.7 Å². The summed E-state index contributed by atoms with van der Waals surface area (Å²) in [6.45, 7) is 6.27. The van der Waals surface area contributed by atoms with Gasteiger partial charge in [0.25, 0.3) is 0 Å². The van der Waals surface area contributed by atoms with Crippen LogP contribution < -0.4 is 5.32 Å². The van der Waals surface area contributed by atoms with E-state index in [1.807, 2.05) is 6.92 Å². The Morgan fingerprint density at radius 1 is 0.889 bits per heavy atom. The molecule has 0 spiro atoms. The number of allylic oxidation sites excluding steroid dienone is 1. The van der Waals surface area contributed by atoms with Crippen LogP contribution in [0, 0.1) is 13.8 Å². The SMILES string of the molecule is CC=Cc1cccc(Nc2cc(C)cc(C)c2)c1. The lowest BCUT2D eigenvalue weighted by Crippen LogP contribution is -1.92. The lowest BCUT2D eigenvalue weighted by atomic mass is 10.1. The van der Waals surface area contributed by atoms with Crippen molar-refractivity contribution in [2.45, 2.75) is 20.8 Å². The van der Waals surface area contributed by atoms with Crippen molar-refractivity contribution in [2.24, 2.45) is 0 Å². The first-order chi connectivity index (χ1) is 8.67. The highest BCUT2D eigenvalue weighted by atomic mass is 14.9. The van der Waals surface area contributed by atoms with E-state index in [4.69, 9.17) is 0 Å². The van der Waals surface area contributed by atoms with Crippen molar-refractivity contribution in [3.63, 3.8) is 0 Å². The number of hydrogen-bond acceptors (Lipinski definition) is 1. The molecule has 0 aliphatic carbocycles. The first kappa shape index (κ1) is 12.4. The Kier molecular flexibility index (Phi) is 3.83. The molecule has 1 N–H and O–H groups in total. The first-order valence-corrected chi connectivity index (χ1v) is 6.25. The van der Waals surface area contributed by atoms with Gasteiger partial charge in [-0.3, -0.25) is 0 Å². The van der Waals surface area contributed by atoms with E-state index in [1.54, 1.807) is 0 Å². The molecule has 0 heterocycles. The van der Waals surface area contributed by atoms with E-state index in [2.05, 4.69) is 73.8 Å². The molecule has 0 amide bonds. The molecule has 1 heteroatoms. The van der Waals surface area contributed by atoms with Gasteiger partial charge in [-0.1, -0.05) is 30.4 Å². The van der Waals surface area contributed by atoms with Gasteiger partial charge in [0.05, 0.1) is 0 Å². The first-order valence-electron chi connectivity index (χ1n) is 6.25. The molecule has 2 aromatic carbocycles. The van der Waals surface area contributed by atoms with Crippen molar-refractivity contribution in [1.82, 2.24) is 0 Å². The van der Waals surface area contributed by atoms with E-state index in [0.29, 0.717) is 0 Å². The molecule has 2 aromatic rings. The van der Waals surface area contributed by atoms with Crippen LogP contribution in [0.25, 0.3) is 6.08 Å². The maximum absolute atomic E-state index is 3.45. The summed E-state index contributed by atoms with van der Waals surface area (Å²) in [7, 11) is 0. The largest absolute Gasteiger partial charge is 0.355 e. The summed E-state index contributed by atoms with van der Waals surface area (Å²) in [5, 5.41) is 3.45. The third-order valence-electron chi connectivity index (χ3n) is 2.76. The number of hydrogen-bond donors (Lipinski definition) is 1. The van der Waals surface area contributed by atoms with Crippen LogP contribution in [-0.4, -0.2) is 0 Å². The van der Waals surface area contributed by atoms with Crippen molar-refractivity contribution < 1.29 is 0 Å². The van der Waals surface area contributed by atoms with Gasteiger partial charge >= 0.3 is 0 Å². The summed E-state index contributed by atoms with van der Waals surface area (Å²) < 4.78 is 0. The highest BCUT2D eigenvalue weighted by Crippen LogP contribution is 2.20. The molecule has 92 valence electrons. The molecule has 0 saturated carbocycles. The van der Waals surface area contributed by atoms with Crippen molar-refractivity contribution >= 4 is 17.5 Å². The molecule has 0 unspecified atom stereocenters. The van der Waals surface area contributed by atoms with Gasteiger partial charge in [0.2, 0.25) is 0 Å². The van der Waals surface area contributed by atoms with Gasteiger partial charge in [-0.15, -0.1) is 0 Å². The fourth-order valence-corrected chi connectivity index (χ4v) is 2.13. The highest BCUT2D eigenvalue weighted by Gasteiger charge is 1.97. The van der Waals surface area contributed by atoms with Crippen LogP contribution in [0.2, 0.25) is 0 Å². The molecule has 0 radical (unpaired) electrons. The summed E-state index contributed by atoms with van der Waals surface area (Å²) in [4.78, 5) is 0. The Labute approximate surface area is 109 Å². The van der Waals surface area contributed by atoms with Crippen LogP contribution in [0.15, 0.2) is 48.5 Å². The Hall–Kier alpha value is -2.02. The minimum Gasteiger partial charge on any atom is -0.355 e. The van der Waals surface area contributed by atoms with Gasteiger partial charge in [-0.05, 0) is 61.7 Å². The summed E-state index contributed by atoms with van der Waals surface area (Å²) in [5.74, 6) is 0. The third kappa shape index (κ3) is 3.24. The van der Waals surface area contributed by atoms with E-state index in [9.17, 15) is 0 Å². The Morgan fingerprint density at radius 2 is 1.61 bits per heavy atom. The Balaban J connectivity index is 2.25. The lowest BCUT2D eigenvalue weighted by molar-refractivity contribution is 1.37. The molecule has 0 atom stereocenters. The topological polar surface area (TPSA) is 12.0 Å². The quantitative estimate of drug-likeness (QED) is 0.785. The number of nitrogens with one attached hydrogen (secondary N) is 1. The Bertz CT molecular complexity index is 547. The van der Waals surface area contributed by atoms with Gasteiger partial charge in [-0.2, -0.15) is 0 Å². The molecule has 18 heavy (non-hydrogen) atoms. The standard InChI is InChI=1S/C17H19N/c1-4-6-15-7-5-8-16(12-15)18-17-10-13(2)9-14(3)11-17/h4-12,18H,1-3H3. The summed E-state index contributed by atoms with van der Waals surface area (Å²) >= 11 is 0. The summed E-state index contributed by atoms with van der Waals surface area (Å²) in [5.41, 5.74) is 6.04. The van der Waals surface area contributed by atoms with Crippen LogP contribution in [0.3, 0.4) is 0 Å². The zero-order valence-corrected chi connectivity index (χ0v) is 11.2. The number of anilines is 2. The van der Waals surface area contributed by atoms with E-state index < -0.39 is 0 Å². The molecule has 0 aliphatic heterocycles. The normalized spacial score (nSPS) is 10.8. The molecule has 0 saturated heterocycles. The van der Waals surface area contributed by atoms with E-state index >= 15 is 0 Å². The van der Waals surface area contributed by atoms with Crippen molar-refractivity contribution in [1.29, 1.82) is 0 Å². The van der Waals surface area contributed by atoms with Gasteiger partial charge < -0.3 is 5.32 Å². The van der Waals surface area contributed by atoms with Crippen molar-refractivity contribution in [3.8, 4) is 0 Å².